The lowest BCUT2D eigenvalue weighted by molar-refractivity contribution is 0.0601. The molecule has 0 amide bonds. The van der Waals surface area contributed by atoms with Crippen LogP contribution in [-0.4, -0.2) is 31.1 Å². The second-order valence-corrected chi connectivity index (χ2v) is 4.68. The third kappa shape index (κ3) is 4.56. The average molecular weight is 264 g/mol. The van der Waals surface area contributed by atoms with Crippen molar-refractivity contribution in [2.24, 2.45) is 0 Å². The normalized spacial score (nSPS) is 10.7. The van der Waals surface area contributed by atoms with Crippen LogP contribution in [-0.2, 0) is 11.3 Å². The Morgan fingerprint density at radius 1 is 1.26 bits per heavy atom. The number of hydrogen-bond donors (Lipinski definition) is 1. The largest absolute Gasteiger partial charge is 0.465 e. The molecule has 0 aliphatic heterocycles. The van der Waals surface area contributed by atoms with Crippen molar-refractivity contribution in [1.29, 1.82) is 0 Å². The zero-order valence-electron chi connectivity index (χ0n) is 12.1. The summed E-state index contributed by atoms with van der Waals surface area (Å²) >= 11 is 0. The van der Waals surface area contributed by atoms with Gasteiger partial charge < -0.3 is 10.5 Å². The molecule has 1 aromatic carbocycles. The van der Waals surface area contributed by atoms with Gasteiger partial charge >= 0.3 is 5.97 Å². The second kappa shape index (κ2) is 7.79. The summed E-state index contributed by atoms with van der Waals surface area (Å²) in [6.07, 6.45) is 2.25. The molecule has 19 heavy (non-hydrogen) atoms. The SMILES string of the molecule is CCCN(CCC)Cc1ccc(C(=O)OC)cc1N. The number of anilines is 1. The molecule has 0 saturated heterocycles. The Bertz CT molecular complexity index is 413. The number of carbonyl (C=O) groups excluding carboxylic acids is 1. The van der Waals surface area contributed by atoms with Gasteiger partial charge in [0.15, 0.2) is 0 Å². The lowest BCUT2D eigenvalue weighted by Gasteiger charge is -2.22. The highest BCUT2D eigenvalue weighted by atomic mass is 16.5. The fourth-order valence-corrected chi connectivity index (χ4v) is 2.13. The van der Waals surface area contributed by atoms with Gasteiger partial charge in [0, 0.05) is 12.2 Å². The van der Waals surface area contributed by atoms with E-state index in [9.17, 15) is 4.79 Å². The molecule has 4 heteroatoms. The summed E-state index contributed by atoms with van der Waals surface area (Å²) < 4.78 is 4.68. The van der Waals surface area contributed by atoms with E-state index in [0.717, 1.165) is 38.0 Å². The summed E-state index contributed by atoms with van der Waals surface area (Å²) in [6.45, 7) is 7.30. The lowest BCUT2D eigenvalue weighted by Crippen LogP contribution is -2.25. The van der Waals surface area contributed by atoms with Gasteiger partial charge in [0.2, 0.25) is 0 Å². The number of carbonyl (C=O) groups is 1. The zero-order valence-corrected chi connectivity index (χ0v) is 12.1. The summed E-state index contributed by atoms with van der Waals surface area (Å²) in [5.74, 6) is -0.350. The standard InChI is InChI=1S/C15H24N2O2/c1-4-8-17(9-5-2)11-13-7-6-12(10-14(13)16)15(18)19-3/h6-7,10H,4-5,8-9,11,16H2,1-3H3. The van der Waals surface area contributed by atoms with Crippen LogP contribution < -0.4 is 5.73 Å². The number of methoxy groups -OCH3 is 1. The monoisotopic (exact) mass is 264 g/mol. The van der Waals surface area contributed by atoms with Crippen LogP contribution >= 0.6 is 0 Å². The highest BCUT2D eigenvalue weighted by Crippen LogP contribution is 2.17. The van der Waals surface area contributed by atoms with Crippen molar-refractivity contribution in [3.8, 4) is 0 Å². The molecule has 0 bridgehead atoms. The predicted octanol–water partition coefficient (Wildman–Crippen LogP) is 2.68. The number of nitrogens with zero attached hydrogens (tertiary/aromatic N) is 1. The van der Waals surface area contributed by atoms with Crippen LogP contribution in [0.1, 0.15) is 42.6 Å². The Morgan fingerprint density at radius 2 is 1.89 bits per heavy atom. The van der Waals surface area contributed by atoms with Gasteiger partial charge in [-0.25, -0.2) is 4.79 Å². The molecule has 0 heterocycles. The number of hydrogen-bond acceptors (Lipinski definition) is 4. The Balaban J connectivity index is 2.80. The van der Waals surface area contributed by atoms with Crippen LogP contribution in [0.15, 0.2) is 18.2 Å². The fourth-order valence-electron chi connectivity index (χ4n) is 2.13. The minimum absolute atomic E-state index is 0.350. The van der Waals surface area contributed by atoms with Crippen LogP contribution in [0.25, 0.3) is 0 Å². The molecule has 0 saturated carbocycles. The van der Waals surface area contributed by atoms with Gasteiger partial charge in [-0.05, 0) is 43.6 Å². The van der Waals surface area contributed by atoms with Gasteiger partial charge in [0.05, 0.1) is 12.7 Å². The molecule has 0 radical (unpaired) electrons. The van der Waals surface area contributed by atoms with Crippen molar-refractivity contribution in [1.82, 2.24) is 4.90 Å². The van der Waals surface area contributed by atoms with Gasteiger partial charge in [-0.1, -0.05) is 19.9 Å². The van der Waals surface area contributed by atoms with Crippen molar-refractivity contribution in [2.45, 2.75) is 33.2 Å². The van der Waals surface area contributed by atoms with Crippen molar-refractivity contribution in [3.05, 3.63) is 29.3 Å². The molecule has 4 nitrogen and oxygen atoms in total. The van der Waals surface area contributed by atoms with E-state index < -0.39 is 0 Å². The van der Waals surface area contributed by atoms with Gasteiger partial charge in [0.25, 0.3) is 0 Å². The number of esters is 1. The molecular weight excluding hydrogens is 240 g/mol. The third-order valence-corrected chi connectivity index (χ3v) is 3.04. The smallest absolute Gasteiger partial charge is 0.337 e. The van der Waals surface area contributed by atoms with E-state index >= 15 is 0 Å². The lowest BCUT2D eigenvalue weighted by atomic mass is 10.1. The maximum Gasteiger partial charge on any atom is 0.337 e. The van der Waals surface area contributed by atoms with Crippen molar-refractivity contribution in [3.63, 3.8) is 0 Å². The highest BCUT2D eigenvalue weighted by molar-refractivity contribution is 5.90. The molecule has 106 valence electrons. The molecule has 0 aromatic heterocycles. The van der Waals surface area contributed by atoms with E-state index in [4.69, 9.17) is 5.73 Å². The first-order chi connectivity index (χ1) is 9.12. The van der Waals surface area contributed by atoms with Crippen molar-refractivity contribution in [2.75, 3.05) is 25.9 Å². The highest BCUT2D eigenvalue weighted by Gasteiger charge is 2.10. The Hall–Kier alpha value is -1.55. The fraction of sp³-hybridized carbons (Fsp3) is 0.533. The summed E-state index contributed by atoms with van der Waals surface area (Å²) in [4.78, 5) is 13.8. The van der Waals surface area contributed by atoms with E-state index in [1.807, 2.05) is 6.07 Å². The molecule has 0 aliphatic carbocycles. The topological polar surface area (TPSA) is 55.6 Å². The molecular formula is C15H24N2O2. The summed E-state index contributed by atoms with van der Waals surface area (Å²) in [5.41, 5.74) is 8.24. The number of nitrogen functional groups attached to an aromatic ring is 1. The molecule has 0 atom stereocenters. The number of benzene rings is 1. The maximum atomic E-state index is 11.4. The van der Waals surface area contributed by atoms with E-state index in [-0.39, 0.29) is 5.97 Å². The first-order valence-corrected chi connectivity index (χ1v) is 6.81. The number of rotatable bonds is 7. The first kappa shape index (κ1) is 15.5. The van der Waals surface area contributed by atoms with Gasteiger partial charge in [0.1, 0.15) is 0 Å². The van der Waals surface area contributed by atoms with Crippen LogP contribution in [0, 0.1) is 0 Å². The number of ether oxygens (including phenoxy) is 1. The molecule has 0 aliphatic rings. The van der Waals surface area contributed by atoms with E-state index in [0.29, 0.717) is 11.3 Å². The Morgan fingerprint density at radius 3 is 2.37 bits per heavy atom. The van der Waals surface area contributed by atoms with Crippen LogP contribution in [0.3, 0.4) is 0 Å². The van der Waals surface area contributed by atoms with Gasteiger partial charge in [-0.2, -0.15) is 0 Å². The van der Waals surface area contributed by atoms with E-state index in [1.165, 1.54) is 7.11 Å². The van der Waals surface area contributed by atoms with Crippen LogP contribution in [0.5, 0.6) is 0 Å². The van der Waals surface area contributed by atoms with E-state index in [1.54, 1.807) is 12.1 Å². The first-order valence-electron chi connectivity index (χ1n) is 6.81. The minimum atomic E-state index is -0.350. The Kier molecular flexibility index (Phi) is 6.36. The second-order valence-electron chi connectivity index (χ2n) is 4.68. The molecule has 1 aromatic rings. The quantitative estimate of drug-likeness (QED) is 0.607. The van der Waals surface area contributed by atoms with Crippen molar-refractivity contribution >= 4 is 11.7 Å². The van der Waals surface area contributed by atoms with Crippen LogP contribution in [0.4, 0.5) is 5.69 Å². The molecule has 0 fully saturated rings. The third-order valence-electron chi connectivity index (χ3n) is 3.04. The summed E-state index contributed by atoms with van der Waals surface area (Å²) in [6, 6.07) is 5.38. The Labute approximate surface area is 115 Å². The maximum absolute atomic E-state index is 11.4. The van der Waals surface area contributed by atoms with Gasteiger partial charge in [-0.15, -0.1) is 0 Å². The molecule has 0 unspecified atom stereocenters. The summed E-state index contributed by atoms with van der Waals surface area (Å²) in [5, 5.41) is 0. The van der Waals surface area contributed by atoms with Gasteiger partial charge in [-0.3, -0.25) is 4.90 Å². The van der Waals surface area contributed by atoms with E-state index in [2.05, 4.69) is 23.5 Å². The summed E-state index contributed by atoms with van der Waals surface area (Å²) in [7, 11) is 1.37. The van der Waals surface area contributed by atoms with Crippen LogP contribution in [0.2, 0.25) is 0 Å². The average Bonchev–Trinajstić information content (AvgIpc) is 2.40. The molecule has 0 spiro atoms. The molecule has 2 N–H and O–H groups in total. The minimum Gasteiger partial charge on any atom is -0.465 e. The zero-order chi connectivity index (χ0) is 14.3. The number of nitrogens with two attached hydrogens (primary N) is 1. The van der Waals surface area contributed by atoms with Crippen molar-refractivity contribution < 1.29 is 9.53 Å². The molecule has 1 rings (SSSR count). The predicted molar refractivity (Wildman–Crippen MR) is 78.1 cm³/mol.